The molecule has 5 nitrogen and oxygen atoms in total. The molecule has 1 aromatic heterocycles. The Morgan fingerprint density at radius 2 is 1.78 bits per heavy atom. The van der Waals surface area contributed by atoms with Crippen LogP contribution in [0, 0.1) is 12.7 Å². The molecule has 0 fully saturated rings. The van der Waals surface area contributed by atoms with Crippen LogP contribution in [-0.2, 0) is 6.54 Å². The normalized spacial score (nSPS) is 10.7. The molecule has 27 heavy (non-hydrogen) atoms. The first-order valence-electron chi connectivity index (χ1n) is 8.42. The lowest BCUT2D eigenvalue weighted by molar-refractivity contribution is 0.0950. The summed E-state index contributed by atoms with van der Waals surface area (Å²) in [5.41, 5.74) is 3.47. The Labute approximate surface area is 162 Å². The van der Waals surface area contributed by atoms with Gasteiger partial charge in [-0.25, -0.2) is 9.07 Å². The van der Waals surface area contributed by atoms with Crippen LogP contribution in [0.3, 0.4) is 0 Å². The summed E-state index contributed by atoms with van der Waals surface area (Å²) in [7, 11) is 3.95. The van der Waals surface area contributed by atoms with E-state index in [1.165, 1.54) is 16.8 Å². The lowest BCUT2D eigenvalue weighted by Gasteiger charge is -2.13. The fourth-order valence-corrected chi connectivity index (χ4v) is 3.05. The van der Waals surface area contributed by atoms with E-state index in [4.69, 9.17) is 11.6 Å². The molecule has 0 saturated carbocycles. The molecule has 0 radical (unpaired) electrons. The zero-order chi connectivity index (χ0) is 19.6. The van der Waals surface area contributed by atoms with Crippen LogP contribution in [0.2, 0.25) is 5.15 Å². The van der Waals surface area contributed by atoms with Crippen molar-refractivity contribution in [1.29, 1.82) is 0 Å². The van der Waals surface area contributed by atoms with Crippen LogP contribution in [0.15, 0.2) is 48.5 Å². The Bertz CT molecular complexity index is 949. The van der Waals surface area contributed by atoms with Gasteiger partial charge in [0.15, 0.2) is 0 Å². The third-order valence-corrected chi connectivity index (χ3v) is 4.56. The quantitative estimate of drug-likeness (QED) is 0.721. The molecule has 0 bridgehead atoms. The van der Waals surface area contributed by atoms with E-state index >= 15 is 0 Å². The standard InChI is InChI=1S/C20H20ClFN4O/c1-13-18(19(21)26(24-13)17-10-6-15(22)7-11-17)20(27)23-12-14-4-8-16(9-5-14)25(2)3/h4-11H,12H2,1-3H3,(H,23,27). The molecule has 140 valence electrons. The molecule has 1 heterocycles. The maximum atomic E-state index is 13.1. The summed E-state index contributed by atoms with van der Waals surface area (Å²) in [6, 6.07) is 13.7. The number of benzene rings is 2. The largest absolute Gasteiger partial charge is 0.378 e. The number of amides is 1. The van der Waals surface area contributed by atoms with Gasteiger partial charge in [-0.05, 0) is 48.9 Å². The molecule has 1 N–H and O–H groups in total. The van der Waals surface area contributed by atoms with Gasteiger partial charge in [0.05, 0.1) is 16.9 Å². The van der Waals surface area contributed by atoms with Crippen LogP contribution in [0.25, 0.3) is 5.69 Å². The van der Waals surface area contributed by atoms with Crippen molar-refractivity contribution in [1.82, 2.24) is 15.1 Å². The Morgan fingerprint density at radius 3 is 2.37 bits per heavy atom. The number of anilines is 1. The van der Waals surface area contributed by atoms with Crippen molar-refractivity contribution < 1.29 is 9.18 Å². The van der Waals surface area contributed by atoms with Crippen molar-refractivity contribution in [3.8, 4) is 5.69 Å². The van der Waals surface area contributed by atoms with Crippen molar-refractivity contribution >= 4 is 23.2 Å². The molecule has 7 heteroatoms. The molecule has 0 unspecified atom stereocenters. The van der Waals surface area contributed by atoms with E-state index in [-0.39, 0.29) is 16.9 Å². The van der Waals surface area contributed by atoms with E-state index in [9.17, 15) is 9.18 Å². The van der Waals surface area contributed by atoms with Crippen molar-refractivity contribution in [2.75, 3.05) is 19.0 Å². The Hall–Kier alpha value is -2.86. The molecule has 3 rings (SSSR count). The topological polar surface area (TPSA) is 50.2 Å². The van der Waals surface area contributed by atoms with Gasteiger partial charge in [-0.2, -0.15) is 5.10 Å². The Balaban J connectivity index is 1.76. The van der Waals surface area contributed by atoms with E-state index in [1.807, 2.05) is 43.3 Å². The molecule has 1 amide bonds. The van der Waals surface area contributed by atoms with Gasteiger partial charge in [0, 0.05) is 26.3 Å². The number of aromatic nitrogens is 2. The second-order valence-corrected chi connectivity index (χ2v) is 6.74. The van der Waals surface area contributed by atoms with E-state index < -0.39 is 0 Å². The average molecular weight is 387 g/mol. The first-order valence-corrected chi connectivity index (χ1v) is 8.80. The van der Waals surface area contributed by atoms with Crippen LogP contribution in [0.1, 0.15) is 21.6 Å². The molecule has 0 saturated heterocycles. The van der Waals surface area contributed by atoms with Crippen LogP contribution < -0.4 is 10.2 Å². The highest BCUT2D eigenvalue weighted by atomic mass is 35.5. The van der Waals surface area contributed by atoms with Gasteiger partial charge in [0.2, 0.25) is 0 Å². The highest BCUT2D eigenvalue weighted by molar-refractivity contribution is 6.33. The minimum Gasteiger partial charge on any atom is -0.378 e. The van der Waals surface area contributed by atoms with E-state index in [0.29, 0.717) is 23.5 Å². The van der Waals surface area contributed by atoms with Gasteiger partial charge in [-0.3, -0.25) is 4.79 Å². The molecule has 0 aliphatic heterocycles. The predicted molar refractivity (Wildman–Crippen MR) is 105 cm³/mol. The fraction of sp³-hybridized carbons (Fsp3) is 0.200. The lowest BCUT2D eigenvalue weighted by atomic mass is 10.2. The number of carbonyl (C=O) groups excluding carboxylic acids is 1. The van der Waals surface area contributed by atoms with Crippen LogP contribution in [0.5, 0.6) is 0 Å². The first kappa shape index (κ1) is 18.9. The molecule has 2 aromatic carbocycles. The van der Waals surface area contributed by atoms with Crippen molar-refractivity contribution in [3.05, 3.63) is 76.3 Å². The van der Waals surface area contributed by atoms with Crippen molar-refractivity contribution in [2.45, 2.75) is 13.5 Å². The molecular weight excluding hydrogens is 367 g/mol. The zero-order valence-corrected chi connectivity index (χ0v) is 16.1. The highest BCUT2D eigenvalue weighted by Gasteiger charge is 2.21. The number of hydrogen-bond donors (Lipinski definition) is 1. The molecule has 0 atom stereocenters. The highest BCUT2D eigenvalue weighted by Crippen LogP contribution is 2.24. The monoisotopic (exact) mass is 386 g/mol. The summed E-state index contributed by atoms with van der Waals surface area (Å²) in [5, 5.41) is 7.38. The van der Waals surface area contributed by atoms with Gasteiger partial charge in [0.25, 0.3) is 5.91 Å². The van der Waals surface area contributed by atoms with Gasteiger partial charge < -0.3 is 10.2 Å². The number of rotatable bonds is 5. The van der Waals surface area contributed by atoms with E-state index in [1.54, 1.807) is 19.1 Å². The number of halogens is 2. The maximum Gasteiger partial charge on any atom is 0.256 e. The number of aryl methyl sites for hydroxylation is 1. The number of nitrogens with zero attached hydrogens (tertiary/aromatic N) is 3. The lowest BCUT2D eigenvalue weighted by Crippen LogP contribution is -2.23. The van der Waals surface area contributed by atoms with Gasteiger partial charge in [-0.15, -0.1) is 0 Å². The summed E-state index contributed by atoms with van der Waals surface area (Å²) < 4.78 is 14.5. The third-order valence-electron chi connectivity index (χ3n) is 4.21. The summed E-state index contributed by atoms with van der Waals surface area (Å²) in [6.45, 7) is 2.09. The maximum absolute atomic E-state index is 13.1. The number of carbonyl (C=O) groups is 1. The molecule has 0 aliphatic carbocycles. The molecule has 3 aromatic rings. The second kappa shape index (κ2) is 7.80. The van der Waals surface area contributed by atoms with Gasteiger partial charge >= 0.3 is 0 Å². The van der Waals surface area contributed by atoms with Gasteiger partial charge in [0.1, 0.15) is 11.0 Å². The minimum absolute atomic E-state index is 0.194. The Kier molecular flexibility index (Phi) is 5.46. The SMILES string of the molecule is Cc1nn(-c2ccc(F)cc2)c(Cl)c1C(=O)NCc1ccc(N(C)C)cc1. The van der Waals surface area contributed by atoms with Crippen molar-refractivity contribution in [3.63, 3.8) is 0 Å². The summed E-state index contributed by atoms with van der Waals surface area (Å²) in [5.74, 6) is -0.653. The average Bonchev–Trinajstić information content (AvgIpc) is 2.95. The van der Waals surface area contributed by atoms with E-state index in [0.717, 1.165) is 11.3 Å². The van der Waals surface area contributed by atoms with Crippen LogP contribution >= 0.6 is 11.6 Å². The van der Waals surface area contributed by atoms with Crippen LogP contribution in [0.4, 0.5) is 10.1 Å². The molecule has 0 spiro atoms. The first-order chi connectivity index (χ1) is 12.9. The summed E-state index contributed by atoms with van der Waals surface area (Å²) in [6.07, 6.45) is 0. The van der Waals surface area contributed by atoms with Crippen LogP contribution in [-0.4, -0.2) is 29.8 Å². The second-order valence-electron chi connectivity index (χ2n) is 6.38. The fourth-order valence-electron chi connectivity index (χ4n) is 2.69. The van der Waals surface area contributed by atoms with Gasteiger partial charge in [-0.1, -0.05) is 23.7 Å². The Morgan fingerprint density at radius 1 is 1.15 bits per heavy atom. The van der Waals surface area contributed by atoms with Crippen molar-refractivity contribution in [2.24, 2.45) is 0 Å². The third kappa shape index (κ3) is 4.11. The smallest absolute Gasteiger partial charge is 0.256 e. The predicted octanol–water partition coefficient (Wildman–Crippen LogP) is 3.97. The zero-order valence-electron chi connectivity index (χ0n) is 15.3. The van der Waals surface area contributed by atoms with E-state index in [2.05, 4.69) is 10.4 Å². The number of nitrogens with one attached hydrogen (secondary N) is 1. The minimum atomic E-state index is -0.350. The molecular formula is C20H20ClFN4O. The molecule has 0 aliphatic rings. The summed E-state index contributed by atoms with van der Waals surface area (Å²) in [4.78, 5) is 14.6. The number of hydrogen-bond acceptors (Lipinski definition) is 3. The summed E-state index contributed by atoms with van der Waals surface area (Å²) >= 11 is 6.38.